The first kappa shape index (κ1) is 12.6. The minimum absolute atomic E-state index is 0.0194. The van der Waals surface area contributed by atoms with Gasteiger partial charge in [-0.2, -0.15) is 0 Å². The SMILES string of the molecule is CC1(C)OCC(Nc2ccc(F)cc2Cl)CO1. The van der Waals surface area contributed by atoms with Gasteiger partial charge >= 0.3 is 0 Å². The lowest BCUT2D eigenvalue weighted by atomic mass is 10.2. The number of nitrogens with one attached hydrogen (secondary N) is 1. The molecule has 0 aliphatic carbocycles. The van der Waals surface area contributed by atoms with Gasteiger partial charge in [-0.25, -0.2) is 4.39 Å². The van der Waals surface area contributed by atoms with E-state index in [0.717, 1.165) is 0 Å². The number of halogens is 2. The molecular weight excluding hydrogens is 245 g/mol. The zero-order valence-corrected chi connectivity index (χ0v) is 10.6. The van der Waals surface area contributed by atoms with Gasteiger partial charge in [0.15, 0.2) is 5.79 Å². The molecule has 94 valence electrons. The lowest BCUT2D eigenvalue weighted by Crippen LogP contribution is -2.45. The van der Waals surface area contributed by atoms with Crippen LogP contribution >= 0.6 is 11.6 Å². The molecule has 5 heteroatoms. The summed E-state index contributed by atoms with van der Waals surface area (Å²) >= 11 is 5.92. The molecule has 0 spiro atoms. The molecule has 2 rings (SSSR count). The molecule has 0 radical (unpaired) electrons. The van der Waals surface area contributed by atoms with Gasteiger partial charge in [-0.3, -0.25) is 0 Å². The van der Waals surface area contributed by atoms with Gasteiger partial charge in [-0.15, -0.1) is 0 Å². The predicted molar refractivity (Wildman–Crippen MR) is 64.8 cm³/mol. The smallest absolute Gasteiger partial charge is 0.162 e. The number of rotatable bonds is 2. The molecule has 0 atom stereocenters. The third-order valence-electron chi connectivity index (χ3n) is 2.55. The number of anilines is 1. The summed E-state index contributed by atoms with van der Waals surface area (Å²) in [5, 5.41) is 3.52. The van der Waals surface area contributed by atoms with Crippen LogP contribution < -0.4 is 5.32 Å². The molecular formula is C12H15ClFNO2. The Morgan fingerprint density at radius 1 is 1.35 bits per heavy atom. The molecule has 0 unspecified atom stereocenters. The van der Waals surface area contributed by atoms with E-state index in [1.807, 2.05) is 13.8 Å². The van der Waals surface area contributed by atoms with E-state index in [-0.39, 0.29) is 11.9 Å². The maximum Gasteiger partial charge on any atom is 0.162 e. The molecule has 17 heavy (non-hydrogen) atoms. The van der Waals surface area contributed by atoms with Gasteiger partial charge < -0.3 is 14.8 Å². The summed E-state index contributed by atoms with van der Waals surface area (Å²) in [4.78, 5) is 0. The van der Waals surface area contributed by atoms with Crippen molar-refractivity contribution in [1.29, 1.82) is 0 Å². The van der Waals surface area contributed by atoms with Crippen LogP contribution in [-0.4, -0.2) is 25.0 Å². The fourth-order valence-electron chi connectivity index (χ4n) is 1.60. The quantitative estimate of drug-likeness (QED) is 0.886. The maximum absolute atomic E-state index is 12.9. The lowest BCUT2D eigenvalue weighted by Gasteiger charge is -2.35. The van der Waals surface area contributed by atoms with Gasteiger partial charge in [0.1, 0.15) is 5.82 Å². The fraction of sp³-hybridized carbons (Fsp3) is 0.500. The van der Waals surface area contributed by atoms with Crippen LogP contribution in [0, 0.1) is 5.82 Å². The second-order valence-corrected chi connectivity index (χ2v) is 4.89. The standard InChI is InChI=1S/C12H15ClFNO2/c1-12(2)16-6-9(7-17-12)15-11-4-3-8(14)5-10(11)13/h3-5,9,15H,6-7H2,1-2H3. The van der Waals surface area contributed by atoms with Crippen LogP contribution in [0.25, 0.3) is 0 Å². The third-order valence-corrected chi connectivity index (χ3v) is 2.87. The molecule has 1 fully saturated rings. The molecule has 0 aromatic heterocycles. The van der Waals surface area contributed by atoms with Crippen LogP contribution in [0.4, 0.5) is 10.1 Å². The largest absolute Gasteiger partial charge is 0.376 e. The summed E-state index contributed by atoms with van der Waals surface area (Å²) in [5.41, 5.74) is 0.685. The highest BCUT2D eigenvalue weighted by molar-refractivity contribution is 6.33. The molecule has 1 aromatic carbocycles. The highest BCUT2D eigenvalue weighted by Crippen LogP contribution is 2.25. The van der Waals surface area contributed by atoms with Crippen molar-refractivity contribution in [3.05, 3.63) is 29.0 Å². The second-order valence-electron chi connectivity index (χ2n) is 4.49. The minimum Gasteiger partial charge on any atom is -0.376 e. The zero-order valence-electron chi connectivity index (χ0n) is 9.80. The summed E-state index contributed by atoms with van der Waals surface area (Å²) in [5.74, 6) is -0.886. The van der Waals surface area contributed by atoms with Gasteiger partial charge in [0.2, 0.25) is 0 Å². The predicted octanol–water partition coefficient (Wildman–Crippen LogP) is 3.04. The number of hydrogen-bond donors (Lipinski definition) is 1. The third kappa shape index (κ3) is 3.31. The minimum atomic E-state index is -0.537. The molecule has 0 bridgehead atoms. The topological polar surface area (TPSA) is 30.5 Å². The van der Waals surface area contributed by atoms with E-state index in [2.05, 4.69) is 5.32 Å². The molecule has 1 saturated heterocycles. The first-order valence-corrected chi connectivity index (χ1v) is 5.83. The molecule has 1 aliphatic rings. The summed E-state index contributed by atoms with van der Waals surface area (Å²) < 4.78 is 23.9. The van der Waals surface area contributed by atoms with Crippen LogP contribution in [0.2, 0.25) is 5.02 Å². The Morgan fingerprint density at radius 3 is 2.59 bits per heavy atom. The molecule has 1 N–H and O–H groups in total. The summed E-state index contributed by atoms with van der Waals surface area (Å²) in [6, 6.07) is 4.27. The van der Waals surface area contributed by atoms with Gasteiger partial charge in [-0.05, 0) is 32.0 Å². The normalized spacial score (nSPS) is 20.2. The van der Waals surface area contributed by atoms with E-state index in [9.17, 15) is 4.39 Å². The van der Waals surface area contributed by atoms with E-state index in [1.165, 1.54) is 12.1 Å². The highest BCUT2D eigenvalue weighted by atomic mass is 35.5. The molecule has 3 nitrogen and oxygen atoms in total. The summed E-state index contributed by atoms with van der Waals surface area (Å²) in [6.07, 6.45) is 0. The Labute approximate surface area is 105 Å². The van der Waals surface area contributed by atoms with Crippen molar-refractivity contribution in [3.63, 3.8) is 0 Å². The van der Waals surface area contributed by atoms with Gasteiger partial charge in [0.25, 0.3) is 0 Å². The Hall–Kier alpha value is -0.840. The van der Waals surface area contributed by atoms with Gasteiger partial charge in [-0.1, -0.05) is 11.6 Å². The van der Waals surface area contributed by atoms with Crippen molar-refractivity contribution in [2.24, 2.45) is 0 Å². The van der Waals surface area contributed by atoms with E-state index in [4.69, 9.17) is 21.1 Å². The van der Waals surface area contributed by atoms with Crippen LogP contribution in [-0.2, 0) is 9.47 Å². The number of ether oxygens (including phenoxy) is 2. The van der Waals surface area contributed by atoms with E-state index < -0.39 is 5.79 Å². The van der Waals surface area contributed by atoms with E-state index in [0.29, 0.717) is 23.9 Å². The van der Waals surface area contributed by atoms with Gasteiger partial charge in [0.05, 0.1) is 30.0 Å². The Balaban J connectivity index is 1.98. The van der Waals surface area contributed by atoms with Crippen molar-refractivity contribution >= 4 is 17.3 Å². The molecule has 1 heterocycles. The monoisotopic (exact) mass is 259 g/mol. The number of hydrogen-bond acceptors (Lipinski definition) is 3. The first-order valence-electron chi connectivity index (χ1n) is 5.46. The lowest BCUT2D eigenvalue weighted by molar-refractivity contribution is -0.247. The Bertz CT molecular complexity index is 401. The molecule has 0 saturated carbocycles. The van der Waals surface area contributed by atoms with Crippen molar-refractivity contribution < 1.29 is 13.9 Å². The van der Waals surface area contributed by atoms with Crippen molar-refractivity contribution in [3.8, 4) is 0 Å². The average Bonchev–Trinajstić information content (AvgIpc) is 2.25. The van der Waals surface area contributed by atoms with Crippen LogP contribution in [0.1, 0.15) is 13.8 Å². The van der Waals surface area contributed by atoms with Crippen LogP contribution in [0.3, 0.4) is 0 Å². The van der Waals surface area contributed by atoms with Crippen LogP contribution in [0.15, 0.2) is 18.2 Å². The second kappa shape index (κ2) is 4.80. The van der Waals surface area contributed by atoms with Gasteiger partial charge in [0, 0.05) is 0 Å². The highest BCUT2D eigenvalue weighted by Gasteiger charge is 2.28. The van der Waals surface area contributed by atoms with Crippen molar-refractivity contribution in [2.45, 2.75) is 25.7 Å². The van der Waals surface area contributed by atoms with Crippen LogP contribution in [0.5, 0.6) is 0 Å². The van der Waals surface area contributed by atoms with E-state index in [1.54, 1.807) is 6.07 Å². The zero-order chi connectivity index (χ0) is 12.5. The molecule has 1 aliphatic heterocycles. The summed E-state index contributed by atoms with van der Waals surface area (Å²) in [6.45, 7) is 4.80. The van der Waals surface area contributed by atoms with Crippen molar-refractivity contribution in [1.82, 2.24) is 0 Å². The first-order chi connectivity index (χ1) is 7.96. The van der Waals surface area contributed by atoms with Crippen molar-refractivity contribution in [2.75, 3.05) is 18.5 Å². The number of benzene rings is 1. The molecule has 1 aromatic rings. The fourth-order valence-corrected chi connectivity index (χ4v) is 1.82. The maximum atomic E-state index is 12.9. The Morgan fingerprint density at radius 2 is 2.00 bits per heavy atom. The molecule has 0 amide bonds. The summed E-state index contributed by atoms with van der Waals surface area (Å²) in [7, 11) is 0. The Kier molecular flexibility index (Phi) is 3.56. The average molecular weight is 260 g/mol. The van der Waals surface area contributed by atoms with E-state index >= 15 is 0 Å².